The minimum Gasteiger partial charge on any atom is -0.484 e. The molecule has 1 aliphatic rings. The van der Waals surface area contributed by atoms with Crippen LogP contribution in [0.25, 0.3) is 0 Å². The van der Waals surface area contributed by atoms with E-state index in [0.29, 0.717) is 31.1 Å². The average Bonchev–Trinajstić information content (AvgIpc) is 3.03. The quantitative estimate of drug-likeness (QED) is 0.807. The summed E-state index contributed by atoms with van der Waals surface area (Å²) in [6, 6.07) is 7.76. The maximum atomic E-state index is 12.3. The Hall–Kier alpha value is -2.04. The largest absolute Gasteiger partial charge is 0.484 e. The van der Waals surface area contributed by atoms with E-state index in [4.69, 9.17) is 4.74 Å². The second kappa shape index (κ2) is 8.18. The zero-order valence-corrected chi connectivity index (χ0v) is 14.9. The van der Waals surface area contributed by atoms with E-state index in [2.05, 4.69) is 24.5 Å². The number of benzene rings is 1. The van der Waals surface area contributed by atoms with Crippen molar-refractivity contribution in [2.24, 2.45) is 0 Å². The standard InChI is InChI=1S/C19H28N2O3/c1-4-20-18(23)19(11-5-6-12-19)21-17(22)13-24-16-9-7-15(8-10-16)14(2)3/h7-10,14H,4-6,11-13H2,1-3H3,(H,20,23)(H,21,22). The maximum Gasteiger partial charge on any atom is 0.258 e. The van der Waals surface area contributed by atoms with Gasteiger partial charge in [0.05, 0.1) is 0 Å². The highest BCUT2D eigenvalue weighted by Crippen LogP contribution is 2.30. The lowest BCUT2D eigenvalue weighted by Crippen LogP contribution is -2.58. The molecule has 0 bridgehead atoms. The molecule has 1 aromatic carbocycles. The molecule has 1 aromatic rings. The number of likely N-dealkylation sites (N-methyl/N-ethyl adjacent to an activating group) is 1. The third-order valence-electron chi connectivity index (χ3n) is 4.52. The summed E-state index contributed by atoms with van der Waals surface area (Å²) in [7, 11) is 0. The Morgan fingerprint density at radius 3 is 2.33 bits per heavy atom. The van der Waals surface area contributed by atoms with Gasteiger partial charge in [0.2, 0.25) is 5.91 Å². The maximum absolute atomic E-state index is 12.3. The smallest absolute Gasteiger partial charge is 0.258 e. The molecule has 2 rings (SSSR count). The molecule has 2 N–H and O–H groups in total. The van der Waals surface area contributed by atoms with Gasteiger partial charge < -0.3 is 15.4 Å². The third-order valence-corrected chi connectivity index (χ3v) is 4.52. The predicted molar refractivity (Wildman–Crippen MR) is 94.1 cm³/mol. The third kappa shape index (κ3) is 4.49. The van der Waals surface area contributed by atoms with Crippen LogP contribution in [0.15, 0.2) is 24.3 Å². The molecule has 2 amide bonds. The minimum absolute atomic E-state index is 0.0812. The fraction of sp³-hybridized carbons (Fsp3) is 0.579. The second-order valence-electron chi connectivity index (χ2n) is 6.71. The predicted octanol–water partition coefficient (Wildman–Crippen LogP) is 2.75. The molecule has 1 saturated carbocycles. The Bertz CT molecular complexity index is 560. The first-order valence-electron chi connectivity index (χ1n) is 8.79. The van der Waals surface area contributed by atoms with Crippen LogP contribution in [0.3, 0.4) is 0 Å². The lowest BCUT2D eigenvalue weighted by molar-refractivity contribution is -0.134. The lowest BCUT2D eigenvalue weighted by atomic mass is 9.96. The van der Waals surface area contributed by atoms with Gasteiger partial charge in [-0.05, 0) is 43.4 Å². The normalized spacial score (nSPS) is 16.0. The molecular formula is C19H28N2O3. The first-order valence-corrected chi connectivity index (χ1v) is 8.79. The van der Waals surface area contributed by atoms with Crippen molar-refractivity contribution in [1.29, 1.82) is 0 Å². The van der Waals surface area contributed by atoms with Gasteiger partial charge in [0, 0.05) is 6.54 Å². The van der Waals surface area contributed by atoms with Crippen LogP contribution < -0.4 is 15.4 Å². The van der Waals surface area contributed by atoms with Crippen molar-refractivity contribution in [3.8, 4) is 5.75 Å². The van der Waals surface area contributed by atoms with E-state index < -0.39 is 5.54 Å². The summed E-state index contributed by atoms with van der Waals surface area (Å²) < 4.78 is 5.55. The van der Waals surface area contributed by atoms with Gasteiger partial charge in [0.1, 0.15) is 11.3 Å². The number of ether oxygens (including phenoxy) is 1. The van der Waals surface area contributed by atoms with Crippen LogP contribution in [-0.4, -0.2) is 30.5 Å². The van der Waals surface area contributed by atoms with E-state index in [1.54, 1.807) is 0 Å². The van der Waals surface area contributed by atoms with E-state index in [-0.39, 0.29) is 18.4 Å². The van der Waals surface area contributed by atoms with Crippen molar-refractivity contribution < 1.29 is 14.3 Å². The van der Waals surface area contributed by atoms with E-state index in [9.17, 15) is 9.59 Å². The SMILES string of the molecule is CCNC(=O)C1(NC(=O)COc2ccc(C(C)C)cc2)CCCC1. The summed E-state index contributed by atoms with van der Waals surface area (Å²) in [4.78, 5) is 24.6. The molecule has 0 unspecified atom stereocenters. The molecule has 0 aromatic heterocycles. The molecule has 0 heterocycles. The number of nitrogens with one attached hydrogen (secondary N) is 2. The lowest BCUT2D eigenvalue weighted by Gasteiger charge is -2.28. The highest BCUT2D eigenvalue weighted by molar-refractivity contribution is 5.92. The van der Waals surface area contributed by atoms with E-state index in [1.807, 2.05) is 31.2 Å². The van der Waals surface area contributed by atoms with Crippen molar-refractivity contribution in [1.82, 2.24) is 10.6 Å². The molecule has 5 nitrogen and oxygen atoms in total. The molecule has 1 aliphatic carbocycles. The molecule has 0 radical (unpaired) electrons. The topological polar surface area (TPSA) is 67.4 Å². The number of hydrogen-bond acceptors (Lipinski definition) is 3. The summed E-state index contributed by atoms with van der Waals surface area (Å²) in [6.45, 7) is 6.63. The monoisotopic (exact) mass is 332 g/mol. The molecule has 0 aliphatic heterocycles. The molecule has 132 valence electrons. The molecule has 1 fully saturated rings. The molecule has 0 atom stereocenters. The van der Waals surface area contributed by atoms with Crippen molar-refractivity contribution in [3.05, 3.63) is 29.8 Å². The Morgan fingerprint density at radius 1 is 1.17 bits per heavy atom. The van der Waals surface area contributed by atoms with Gasteiger partial charge in [-0.25, -0.2) is 0 Å². The highest BCUT2D eigenvalue weighted by Gasteiger charge is 2.42. The van der Waals surface area contributed by atoms with Gasteiger partial charge in [0.15, 0.2) is 6.61 Å². The van der Waals surface area contributed by atoms with Gasteiger partial charge in [0.25, 0.3) is 5.91 Å². The number of amides is 2. The van der Waals surface area contributed by atoms with Crippen LogP contribution >= 0.6 is 0 Å². The van der Waals surface area contributed by atoms with Gasteiger partial charge in [-0.15, -0.1) is 0 Å². The van der Waals surface area contributed by atoms with Crippen molar-refractivity contribution in [2.45, 2.75) is 57.9 Å². The zero-order valence-electron chi connectivity index (χ0n) is 14.9. The van der Waals surface area contributed by atoms with Gasteiger partial charge in [-0.1, -0.05) is 38.8 Å². The highest BCUT2D eigenvalue weighted by atomic mass is 16.5. The number of hydrogen-bond donors (Lipinski definition) is 2. The molecular weight excluding hydrogens is 304 g/mol. The number of rotatable bonds is 7. The Morgan fingerprint density at radius 2 is 1.79 bits per heavy atom. The Balaban J connectivity index is 1.90. The fourth-order valence-electron chi connectivity index (χ4n) is 3.12. The summed E-state index contributed by atoms with van der Waals surface area (Å²) >= 11 is 0. The van der Waals surface area contributed by atoms with Crippen LogP contribution in [0.2, 0.25) is 0 Å². The van der Waals surface area contributed by atoms with Crippen molar-refractivity contribution >= 4 is 11.8 Å². The average molecular weight is 332 g/mol. The van der Waals surface area contributed by atoms with Crippen LogP contribution in [0.5, 0.6) is 5.75 Å². The van der Waals surface area contributed by atoms with Gasteiger partial charge in [-0.3, -0.25) is 9.59 Å². The summed E-state index contributed by atoms with van der Waals surface area (Å²) in [5, 5.41) is 5.73. The van der Waals surface area contributed by atoms with E-state index >= 15 is 0 Å². The molecule has 5 heteroatoms. The molecule has 24 heavy (non-hydrogen) atoms. The van der Waals surface area contributed by atoms with Gasteiger partial charge in [-0.2, -0.15) is 0 Å². The Kier molecular flexibility index (Phi) is 6.23. The molecule has 0 spiro atoms. The fourth-order valence-corrected chi connectivity index (χ4v) is 3.12. The first kappa shape index (κ1) is 18.3. The van der Waals surface area contributed by atoms with E-state index in [1.165, 1.54) is 5.56 Å². The first-order chi connectivity index (χ1) is 11.5. The van der Waals surface area contributed by atoms with Crippen molar-refractivity contribution in [3.63, 3.8) is 0 Å². The van der Waals surface area contributed by atoms with Crippen LogP contribution in [0.4, 0.5) is 0 Å². The number of carbonyl (C=O) groups excluding carboxylic acids is 2. The molecule has 0 saturated heterocycles. The van der Waals surface area contributed by atoms with Crippen molar-refractivity contribution in [2.75, 3.05) is 13.2 Å². The van der Waals surface area contributed by atoms with Crippen LogP contribution in [0.1, 0.15) is 57.9 Å². The van der Waals surface area contributed by atoms with Crippen LogP contribution in [0, 0.1) is 0 Å². The van der Waals surface area contributed by atoms with E-state index in [0.717, 1.165) is 12.8 Å². The minimum atomic E-state index is -0.766. The summed E-state index contributed by atoms with van der Waals surface area (Å²) in [5.41, 5.74) is 0.464. The summed E-state index contributed by atoms with van der Waals surface area (Å²) in [6.07, 6.45) is 3.28. The second-order valence-corrected chi connectivity index (χ2v) is 6.71. The zero-order chi connectivity index (χ0) is 17.6. The number of carbonyl (C=O) groups is 2. The summed E-state index contributed by atoms with van der Waals surface area (Å²) in [5.74, 6) is 0.780. The Labute approximate surface area is 144 Å². The van der Waals surface area contributed by atoms with Gasteiger partial charge >= 0.3 is 0 Å². The van der Waals surface area contributed by atoms with Crippen LogP contribution in [-0.2, 0) is 9.59 Å².